The molecule has 0 radical (unpaired) electrons. The van der Waals surface area contributed by atoms with Gasteiger partial charge in [0.2, 0.25) is 0 Å². The lowest BCUT2D eigenvalue weighted by Gasteiger charge is -2.34. The lowest BCUT2D eigenvalue weighted by molar-refractivity contribution is 0.155. The Morgan fingerprint density at radius 1 is 1.36 bits per heavy atom. The second-order valence-electron chi connectivity index (χ2n) is 4.09. The van der Waals surface area contributed by atoms with Crippen LogP contribution in [0.2, 0.25) is 0 Å². The van der Waals surface area contributed by atoms with Crippen LogP contribution >= 0.6 is 12.6 Å². The first-order valence-electron chi connectivity index (χ1n) is 5.88. The summed E-state index contributed by atoms with van der Waals surface area (Å²) in [7, 11) is 0. The third-order valence-corrected chi connectivity index (χ3v) is 3.19. The maximum absolute atomic E-state index is 4.18. The van der Waals surface area contributed by atoms with Gasteiger partial charge in [-0.25, -0.2) is 0 Å². The molecule has 1 rings (SSSR count). The molecular formula is C12H23NS. The summed E-state index contributed by atoms with van der Waals surface area (Å²) in [5.74, 6) is 0.867. The van der Waals surface area contributed by atoms with Crippen LogP contribution in [-0.2, 0) is 0 Å². The molecule has 0 saturated carbocycles. The van der Waals surface area contributed by atoms with Gasteiger partial charge in [0.1, 0.15) is 0 Å². The standard InChI is InChI=1S/C12H23NS/c1-2-7-12-8-3-4-9-13(12)10-5-6-11-14/h5-6,12,14H,2-4,7-11H2,1H3/b6-5+. The molecule has 1 aliphatic rings. The molecule has 0 amide bonds. The molecule has 1 nitrogen and oxygen atoms in total. The van der Waals surface area contributed by atoms with Gasteiger partial charge in [-0.2, -0.15) is 12.6 Å². The molecule has 2 heteroatoms. The molecule has 0 spiro atoms. The smallest absolute Gasteiger partial charge is 0.0166 e. The van der Waals surface area contributed by atoms with Gasteiger partial charge in [0.15, 0.2) is 0 Å². The van der Waals surface area contributed by atoms with Crippen LogP contribution in [0.1, 0.15) is 39.0 Å². The monoisotopic (exact) mass is 213 g/mol. The Morgan fingerprint density at radius 3 is 2.93 bits per heavy atom. The van der Waals surface area contributed by atoms with Crippen LogP contribution in [0.4, 0.5) is 0 Å². The number of piperidine rings is 1. The molecule has 1 saturated heterocycles. The fraction of sp³-hybridized carbons (Fsp3) is 0.833. The molecule has 1 aliphatic heterocycles. The van der Waals surface area contributed by atoms with Crippen molar-refractivity contribution in [3.63, 3.8) is 0 Å². The highest BCUT2D eigenvalue weighted by atomic mass is 32.1. The summed E-state index contributed by atoms with van der Waals surface area (Å²) in [6.45, 7) is 4.71. The number of hydrogen-bond donors (Lipinski definition) is 1. The van der Waals surface area contributed by atoms with Gasteiger partial charge in [0, 0.05) is 18.3 Å². The third-order valence-electron chi connectivity index (χ3n) is 2.98. The lowest BCUT2D eigenvalue weighted by atomic mass is 9.98. The van der Waals surface area contributed by atoms with E-state index in [0.717, 1.165) is 18.3 Å². The van der Waals surface area contributed by atoms with Crippen molar-refractivity contribution in [1.82, 2.24) is 4.90 Å². The topological polar surface area (TPSA) is 3.24 Å². The minimum absolute atomic E-state index is 0.846. The van der Waals surface area contributed by atoms with Crippen LogP contribution in [-0.4, -0.2) is 29.8 Å². The van der Waals surface area contributed by atoms with E-state index in [1.165, 1.54) is 38.6 Å². The van der Waals surface area contributed by atoms with Crippen LogP contribution in [0.3, 0.4) is 0 Å². The Kier molecular flexibility index (Phi) is 6.37. The molecule has 0 aromatic carbocycles. The number of thiol groups is 1. The number of hydrogen-bond acceptors (Lipinski definition) is 2. The Bertz CT molecular complexity index is 166. The molecule has 1 heterocycles. The number of rotatable bonds is 5. The van der Waals surface area contributed by atoms with Crippen molar-refractivity contribution in [3.8, 4) is 0 Å². The fourth-order valence-corrected chi connectivity index (χ4v) is 2.39. The van der Waals surface area contributed by atoms with Crippen molar-refractivity contribution in [2.45, 2.75) is 45.1 Å². The van der Waals surface area contributed by atoms with Crippen LogP contribution in [0.25, 0.3) is 0 Å². The van der Waals surface area contributed by atoms with Crippen molar-refractivity contribution in [3.05, 3.63) is 12.2 Å². The van der Waals surface area contributed by atoms with E-state index in [-0.39, 0.29) is 0 Å². The van der Waals surface area contributed by atoms with E-state index < -0.39 is 0 Å². The lowest BCUT2D eigenvalue weighted by Crippen LogP contribution is -2.39. The second kappa shape index (κ2) is 7.36. The zero-order valence-corrected chi connectivity index (χ0v) is 10.2. The minimum Gasteiger partial charge on any atom is -0.297 e. The van der Waals surface area contributed by atoms with Crippen molar-refractivity contribution >= 4 is 12.6 Å². The van der Waals surface area contributed by atoms with Crippen molar-refractivity contribution in [1.29, 1.82) is 0 Å². The van der Waals surface area contributed by atoms with E-state index in [4.69, 9.17) is 0 Å². The van der Waals surface area contributed by atoms with E-state index in [9.17, 15) is 0 Å². The Hall–Kier alpha value is 0.0500. The molecule has 1 fully saturated rings. The first-order valence-corrected chi connectivity index (χ1v) is 6.51. The maximum Gasteiger partial charge on any atom is 0.0166 e. The average Bonchev–Trinajstić information content (AvgIpc) is 2.21. The number of nitrogens with zero attached hydrogens (tertiary/aromatic N) is 1. The Labute approximate surface area is 94.0 Å². The summed E-state index contributed by atoms with van der Waals surface area (Å²) in [5, 5.41) is 0. The Morgan fingerprint density at radius 2 is 2.21 bits per heavy atom. The van der Waals surface area contributed by atoms with E-state index in [0.29, 0.717) is 0 Å². The zero-order valence-electron chi connectivity index (χ0n) is 9.28. The number of likely N-dealkylation sites (tertiary alicyclic amines) is 1. The zero-order chi connectivity index (χ0) is 10.2. The first kappa shape index (κ1) is 12.1. The quantitative estimate of drug-likeness (QED) is 0.542. The normalized spacial score (nSPS) is 24.6. The maximum atomic E-state index is 4.18. The molecule has 0 aromatic heterocycles. The third kappa shape index (κ3) is 4.05. The van der Waals surface area contributed by atoms with Gasteiger partial charge >= 0.3 is 0 Å². The van der Waals surface area contributed by atoms with E-state index in [2.05, 4.69) is 36.6 Å². The predicted molar refractivity (Wildman–Crippen MR) is 67.1 cm³/mol. The molecular weight excluding hydrogens is 190 g/mol. The Balaban J connectivity index is 2.33. The van der Waals surface area contributed by atoms with E-state index in [1.54, 1.807) is 0 Å². The van der Waals surface area contributed by atoms with Crippen LogP contribution in [0.15, 0.2) is 12.2 Å². The first-order chi connectivity index (χ1) is 6.88. The van der Waals surface area contributed by atoms with Crippen LogP contribution in [0, 0.1) is 0 Å². The van der Waals surface area contributed by atoms with Crippen LogP contribution in [0.5, 0.6) is 0 Å². The van der Waals surface area contributed by atoms with Gasteiger partial charge < -0.3 is 0 Å². The summed E-state index contributed by atoms with van der Waals surface area (Å²) < 4.78 is 0. The average molecular weight is 213 g/mol. The van der Waals surface area contributed by atoms with Crippen molar-refractivity contribution in [2.75, 3.05) is 18.8 Å². The summed E-state index contributed by atoms with van der Waals surface area (Å²) in [6, 6.07) is 0.846. The predicted octanol–water partition coefficient (Wildman–Crippen LogP) is 3.13. The van der Waals surface area contributed by atoms with E-state index >= 15 is 0 Å². The van der Waals surface area contributed by atoms with Crippen LogP contribution < -0.4 is 0 Å². The molecule has 1 unspecified atom stereocenters. The second-order valence-corrected chi connectivity index (χ2v) is 4.45. The fourth-order valence-electron chi connectivity index (χ4n) is 2.24. The summed E-state index contributed by atoms with van der Waals surface area (Å²) in [4.78, 5) is 2.63. The highest BCUT2D eigenvalue weighted by molar-refractivity contribution is 7.80. The molecule has 0 aromatic rings. The molecule has 1 atom stereocenters. The molecule has 0 bridgehead atoms. The van der Waals surface area contributed by atoms with Crippen molar-refractivity contribution < 1.29 is 0 Å². The van der Waals surface area contributed by atoms with Gasteiger partial charge in [0.05, 0.1) is 0 Å². The minimum atomic E-state index is 0.846. The van der Waals surface area contributed by atoms with Gasteiger partial charge in [-0.1, -0.05) is 31.9 Å². The summed E-state index contributed by atoms with van der Waals surface area (Å²) in [6.07, 6.45) is 11.3. The van der Waals surface area contributed by atoms with Crippen molar-refractivity contribution in [2.24, 2.45) is 0 Å². The molecule has 82 valence electrons. The molecule has 0 aliphatic carbocycles. The van der Waals surface area contributed by atoms with E-state index in [1.807, 2.05) is 0 Å². The summed E-state index contributed by atoms with van der Waals surface area (Å²) in [5.41, 5.74) is 0. The molecule has 14 heavy (non-hydrogen) atoms. The largest absolute Gasteiger partial charge is 0.297 e. The summed E-state index contributed by atoms with van der Waals surface area (Å²) >= 11 is 4.18. The molecule has 0 N–H and O–H groups in total. The highest BCUT2D eigenvalue weighted by Gasteiger charge is 2.19. The SMILES string of the molecule is CCCC1CCCCN1C/C=C/CS. The van der Waals surface area contributed by atoms with Gasteiger partial charge in [0.25, 0.3) is 0 Å². The highest BCUT2D eigenvalue weighted by Crippen LogP contribution is 2.20. The van der Waals surface area contributed by atoms with Gasteiger partial charge in [-0.05, 0) is 25.8 Å². The van der Waals surface area contributed by atoms with Gasteiger partial charge in [-0.15, -0.1) is 0 Å². The van der Waals surface area contributed by atoms with Gasteiger partial charge in [-0.3, -0.25) is 4.90 Å².